The second kappa shape index (κ2) is 12.7. The van der Waals surface area contributed by atoms with Crippen LogP contribution in [0.25, 0.3) is 0 Å². The molecule has 0 bridgehead atoms. The number of hydrogen-bond acceptors (Lipinski definition) is 4. The number of carbonyl (C=O) groups is 2. The van der Waals surface area contributed by atoms with E-state index in [4.69, 9.17) is 23.2 Å². The minimum absolute atomic E-state index is 0.0174. The van der Waals surface area contributed by atoms with Gasteiger partial charge < -0.3 is 10.2 Å². The highest BCUT2D eigenvalue weighted by molar-refractivity contribution is 7.92. The molecule has 0 spiro atoms. The van der Waals surface area contributed by atoms with Gasteiger partial charge in [-0.3, -0.25) is 13.9 Å². The summed E-state index contributed by atoms with van der Waals surface area (Å²) in [7, 11) is -4.18. The molecule has 3 aromatic rings. The Kier molecular flexibility index (Phi) is 9.82. The second-order valence-corrected chi connectivity index (χ2v) is 11.7. The number of aryl methyl sites for hydroxylation is 2. The van der Waals surface area contributed by atoms with E-state index in [0.29, 0.717) is 6.54 Å². The fourth-order valence-corrected chi connectivity index (χ4v) is 5.50. The predicted octanol–water partition coefficient (Wildman–Crippen LogP) is 5.36. The van der Waals surface area contributed by atoms with Crippen molar-refractivity contribution in [1.29, 1.82) is 0 Å². The Hall–Kier alpha value is -3.07. The van der Waals surface area contributed by atoms with Gasteiger partial charge >= 0.3 is 0 Å². The number of nitrogens with zero attached hydrogens (tertiary/aromatic N) is 2. The first-order valence-corrected chi connectivity index (χ1v) is 14.3. The van der Waals surface area contributed by atoms with Crippen LogP contribution >= 0.6 is 23.2 Å². The summed E-state index contributed by atoms with van der Waals surface area (Å²) in [6.45, 7) is 7.18. The minimum atomic E-state index is -4.18. The number of sulfonamides is 1. The summed E-state index contributed by atoms with van der Waals surface area (Å²) in [6.07, 6.45) is 0. The third-order valence-electron chi connectivity index (χ3n) is 6.07. The van der Waals surface area contributed by atoms with Crippen LogP contribution in [0.5, 0.6) is 0 Å². The van der Waals surface area contributed by atoms with Crippen LogP contribution in [-0.4, -0.2) is 44.3 Å². The summed E-state index contributed by atoms with van der Waals surface area (Å²) in [4.78, 5) is 28.0. The molecular formula is C28H31Cl2N3O4S. The second-order valence-electron chi connectivity index (χ2n) is 9.00. The molecule has 2 amide bonds. The molecule has 1 atom stereocenters. The largest absolute Gasteiger partial charge is 0.355 e. The third-order valence-corrected chi connectivity index (χ3v) is 8.60. The van der Waals surface area contributed by atoms with Crippen molar-refractivity contribution in [3.63, 3.8) is 0 Å². The molecule has 3 aromatic carbocycles. The van der Waals surface area contributed by atoms with Gasteiger partial charge in [0.15, 0.2) is 0 Å². The zero-order chi connectivity index (χ0) is 28.0. The number of amides is 2. The van der Waals surface area contributed by atoms with E-state index in [-0.39, 0.29) is 33.1 Å². The van der Waals surface area contributed by atoms with Gasteiger partial charge in [0.05, 0.1) is 20.6 Å². The van der Waals surface area contributed by atoms with Gasteiger partial charge in [-0.25, -0.2) is 8.42 Å². The normalized spacial score (nSPS) is 12.1. The maximum Gasteiger partial charge on any atom is 0.264 e. The maximum absolute atomic E-state index is 13.8. The summed E-state index contributed by atoms with van der Waals surface area (Å²) in [5.74, 6) is -0.887. The Labute approximate surface area is 234 Å². The summed E-state index contributed by atoms with van der Waals surface area (Å²) < 4.78 is 28.6. The van der Waals surface area contributed by atoms with Crippen molar-refractivity contribution in [2.75, 3.05) is 17.4 Å². The van der Waals surface area contributed by atoms with E-state index >= 15 is 0 Å². The van der Waals surface area contributed by atoms with Crippen LogP contribution in [0, 0.1) is 13.8 Å². The Bertz CT molecular complexity index is 1390. The Morgan fingerprint density at radius 1 is 0.895 bits per heavy atom. The molecule has 202 valence electrons. The number of halogens is 2. The first kappa shape index (κ1) is 29.5. The van der Waals surface area contributed by atoms with Crippen LogP contribution in [-0.2, 0) is 26.2 Å². The van der Waals surface area contributed by atoms with Gasteiger partial charge in [-0.1, -0.05) is 70.7 Å². The molecule has 0 aliphatic rings. The van der Waals surface area contributed by atoms with Gasteiger partial charge in [-0.05, 0) is 63.6 Å². The van der Waals surface area contributed by atoms with E-state index in [2.05, 4.69) is 5.32 Å². The van der Waals surface area contributed by atoms with E-state index < -0.39 is 28.5 Å². The number of benzene rings is 3. The molecule has 1 N–H and O–H groups in total. The van der Waals surface area contributed by atoms with Crippen molar-refractivity contribution in [3.8, 4) is 0 Å². The van der Waals surface area contributed by atoms with E-state index in [1.807, 2.05) is 38.1 Å². The summed E-state index contributed by atoms with van der Waals surface area (Å²) in [6, 6.07) is 17.4. The maximum atomic E-state index is 13.8. The van der Waals surface area contributed by atoms with Crippen molar-refractivity contribution >= 4 is 50.7 Å². The number of hydrogen-bond donors (Lipinski definition) is 1. The van der Waals surface area contributed by atoms with Crippen LogP contribution in [0.3, 0.4) is 0 Å². The van der Waals surface area contributed by atoms with Crippen molar-refractivity contribution in [1.82, 2.24) is 10.2 Å². The summed E-state index contributed by atoms with van der Waals surface area (Å²) in [5.41, 5.74) is 2.93. The lowest BCUT2D eigenvalue weighted by Gasteiger charge is -2.32. The Balaban J connectivity index is 2.05. The molecule has 0 radical (unpaired) electrons. The first-order valence-electron chi connectivity index (χ1n) is 12.1. The lowest BCUT2D eigenvalue weighted by atomic mass is 10.1. The van der Waals surface area contributed by atoms with Crippen LogP contribution in [0.4, 0.5) is 5.69 Å². The van der Waals surface area contributed by atoms with Gasteiger partial charge in [-0.15, -0.1) is 0 Å². The molecule has 0 aliphatic carbocycles. The molecular weight excluding hydrogens is 545 g/mol. The molecule has 0 heterocycles. The van der Waals surface area contributed by atoms with E-state index in [1.165, 1.54) is 35.2 Å². The lowest BCUT2D eigenvalue weighted by Crippen LogP contribution is -2.51. The summed E-state index contributed by atoms with van der Waals surface area (Å²) in [5, 5.41) is 3.14. The van der Waals surface area contributed by atoms with Crippen molar-refractivity contribution in [2.45, 2.75) is 45.2 Å². The highest BCUT2D eigenvalue weighted by atomic mass is 35.5. The van der Waals surface area contributed by atoms with Gasteiger partial charge in [0.1, 0.15) is 12.6 Å². The molecule has 38 heavy (non-hydrogen) atoms. The van der Waals surface area contributed by atoms with Crippen molar-refractivity contribution < 1.29 is 18.0 Å². The Morgan fingerprint density at radius 3 is 2.03 bits per heavy atom. The Morgan fingerprint density at radius 2 is 1.47 bits per heavy atom. The fourth-order valence-electron chi connectivity index (χ4n) is 3.80. The van der Waals surface area contributed by atoms with E-state index in [0.717, 1.165) is 21.0 Å². The molecule has 3 rings (SSSR count). The monoisotopic (exact) mass is 575 g/mol. The van der Waals surface area contributed by atoms with Crippen LogP contribution in [0.2, 0.25) is 10.0 Å². The van der Waals surface area contributed by atoms with E-state index in [1.54, 1.807) is 26.0 Å². The standard InChI is InChI=1S/C28H31Cl2N3O4S/c1-5-31-28(35)21(4)32(17-22-10-6-19(2)7-11-22)27(34)18-33(23-12-15-25(29)26(30)16-23)38(36,37)24-13-8-20(3)9-14-24/h6-16,21H,5,17-18H2,1-4H3,(H,31,35). The molecule has 0 saturated carbocycles. The smallest absolute Gasteiger partial charge is 0.264 e. The number of nitrogens with one attached hydrogen (secondary N) is 1. The summed E-state index contributed by atoms with van der Waals surface area (Å²) >= 11 is 12.3. The number of carbonyl (C=O) groups excluding carboxylic acids is 2. The average Bonchev–Trinajstić information content (AvgIpc) is 2.88. The third kappa shape index (κ3) is 7.07. The SMILES string of the molecule is CCNC(=O)C(C)N(Cc1ccc(C)cc1)C(=O)CN(c1ccc(Cl)c(Cl)c1)S(=O)(=O)c1ccc(C)cc1. The quantitative estimate of drug-likeness (QED) is 0.352. The number of likely N-dealkylation sites (N-methyl/N-ethyl adjacent to an activating group) is 1. The first-order chi connectivity index (χ1) is 17.9. The van der Waals surface area contributed by atoms with Crippen LogP contribution < -0.4 is 9.62 Å². The van der Waals surface area contributed by atoms with Crippen molar-refractivity contribution in [3.05, 3.63) is 93.5 Å². The lowest BCUT2D eigenvalue weighted by molar-refractivity contribution is -0.139. The van der Waals surface area contributed by atoms with Crippen LogP contribution in [0.15, 0.2) is 71.6 Å². The molecule has 0 aliphatic heterocycles. The zero-order valence-corrected chi connectivity index (χ0v) is 24.1. The zero-order valence-electron chi connectivity index (χ0n) is 21.7. The number of anilines is 1. The highest BCUT2D eigenvalue weighted by Crippen LogP contribution is 2.31. The van der Waals surface area contributed by atoms with Crippen molar-refractivity contribution in [2.24, 2.45) is 0 Å². The molecule has 10 heteroatoms. The average molecular weight is 577 g/mol. The minimum Gasteiger partial charge on any atom is -0.355 e. The molecule has 0 fully saturated rings. The molecule has 0 saturated heterocycles. The predicted molar refractivity (Wildman–Crippen MR) is 152 cm³/mol. The highest BCUT2D eigenvalue weighted by Gasteiger charge is 2.32. The number of rotatable bonds is 10. The fraction of sp³-hybridized carbons (Fsp3) is 0.286. The van der Waals surface area contributed by atoms with E-state index in [9.17, 15) is 18.0 Å². The van der Waals surface area contributed by atoms with Gasteiger partial charge in [0, 0.05) is 13.1 Å². The molecule has 1 unspecified atom stereocenters. The topological polar surface area (TPSA) is 86.8 Å². The van der Waals surface area contributed by atoms with Gasteiger partial charge in [0.2, 0.25) is 11.8 Å². The van der Waals surface area contributed by atoms with Crippen LogP contribution in [0.1, 0.15) is 30.5 Å². The molecule has 7 nitrogen and oxygen atoms in total. The van der Waals surface area contributed by atoms with Gasteiger partial charge in [0.25, 0.3) is 10.0 Å². The van der Waals surface area contributed by atoms with Gasteiger partial charge in [-0.2, -0.15) is 0 Å². The molecule has 0 aromatic heterocycles.